The summed E-state index contributed by atoms with van der Waals surface area (Å²) in [6.45, 7) is 0. The largest absolute Gasteiger partial charge is 0.485 e. The first kappa shape index (κ1) is 27.7. The van der Waals surface area contributed by atoms with Crippen LogP contribution in [0, 0.1) is 0 Å². The van der Waals surface area contributed by atoms with Crippen molar-refractivity contribution < 1.29 is 4.74 Å². The summed E-state index contributed by atoms with van der Waals surface area (Å²) in [7, 11) is 0. The van der Waals surface area contributed by atoms with Crippen LogP contribution in [0.25, 0.3) is 72.1 Å². The zero-order valence-corrected chi connectivity index (χ0v) is 26.5. The SMILES string of the molecule is C1=CC2Oc3ccccc3C2C(c2ccc(-c3nc(-c4ccc5ccccc5c4)nc(-c4ccc5ccccc5c4)n3)c3ccccc23)=C1. The summed E-state index contributed by atoms with van der Waals surface area (Å²) in [5.74, 6) is 3.04. The van der Waals surface area contributed by atoms with E-state index in [1.165, 1.54) is 27.5 Å². The zero-order valence-electron chi connectivity index (χ0n) is 26.5. The quantitative estimate of drug-likeness (QED) is 0.195. The average Bonchev–Trinajstić information content (AvgIpc) is 3.56. The Labute approximate surface area is 283 Å². The lowest BCUT2D eigenvalue weighted by molar-refractivity contribution is 0.271. The molecule has 1 aliphatic heterocycles. The molecule has 0 fully saturated rings. The molecular weight excluding hydrogens is 599 g/mol. The van der Waals surface area contributed by atoms with Crippen LogP contribution >= 0.6 is 0 Å². The standard InChI is InChI=1S/C45H29N3O/c1-3-12-30-26-32(22-20-28(30)10-1)43-46-44(33-23-21-29-11-2-4-13-31(29)27-33)48-45(47-43)38-25-24-36(34-14-5-6-15-35(34)38)37-17-9-19-41-42(37)39-16-7-8-18-40(39)49-41/h1-27,41-42H. The topological polar surface area (TPSA) is 47.9 Å². The van der Waals surface area contributed by atoms with E-state index in [0.29, 0.717) is 17.5 Å². The maximum atomic E-state index is 6.38. The second-order valence-corrected chi connectivity index (χ2v) is 12.7. The van der Waals surface area contributed by atoms with Gasteiger partial charge >= 0.3 is 0 Å². The normalized spacial score (nSPS) is 16.4. The highest BCUT2D eigenvalue weighted by Crippen LogP contribution is 2.49. The predicted molar refractivity (Wildman–Crippen MR) is 199 cm³/mol. The molecule has 0 N–H and O–H groups in total. The molecule has 4 nitrogen and oxygen atoms in total. The Morgan fingerprint density at radius 2 is 1.02 bits per heavy atom. The fourth-order valence-electron chi connectivity index (χ4n) is 7.52. The molecule has 10 rings (SSSR count). The van der Waals surface area contributed by atoms with Crippen LogP contribution in [0.5, 0.6) is 5.75 Å². The van der Waals surface area contributed by atoms with Crippen molar-refractivity contribution in [2.75, 3.05) is 0 Å². The highest BCUT2D eigenvalue weighted by atomic mass is 16.5. The molecule has 2 aliphatic rings. The van der Waals surface area contributed by atoms with E-state index in [0.717, 1.165) is 44.0 Å². The van der Waals surface area contributed by atoms with Crippen molar-refractivity contribution in [3.63, 3.8) is 0 Å². The summed E-state index contributed by atoms with van der Waals surface area (Å²) in [6, 6.07) is 51.0. The second-order valence-electron chi connectivity index (χ2n) is 12.7. The van der Waals surface area contributed by atoms with E-state index in [9.17, 15) is 0 Å². The Balaban J connectivity index is 1.16. The summed E-state index contributed by atoms with van der Waals surface area (Å²) in [6.07, 6.45) is 6.52. The van der Waals surface area contributed by atoms with Crippen LogP contribution in [0.1, 0.15) is 17.0 Å². The van der Waals surface area contributed by atoms with Gasteiger partial charge in [0.15, 0.2) is 17.5 Å². The number of ether oxygens (including phenoxy) is 1. The number of nitrogens with zero attached hydrogens (tertiary/aromatic N) is 3. The van der Waals surface area contributed by atoms with E-state index in [1.807, 2.05) is 6.07 Å². The molecule has 2 heterocycles. The van der Waals surface area contributed by atoms with Gasteiger partial charge in [-0.15, -0.1) is 0 Å². The lowest BCUT2D eigenvalue weighted by Crippen LogP contribution is -2.19. The Morgan fingerprint density at radius 3 is 1.71 bits per heavy atom. The van der Waals surface area contributed by atoms with E-state index in [4.69, 9.17) is 19.7 Å². The summed E-state index contributed by atoms with van der Waals surface area (Å²) < 4.78 is 6.38. The van der Waals surface area contributed by atoms with Gasteiger partial charge in [-0.05, 0) is 73.8 Å². The van der Waals surface area contributed by atoms with Gasteiger partial charge in [0.2, 0.25) is 0 Å². The second kappa shape index (κ2) is 11.1. The number of aromatic nitrogens is 3. The van der Waals surface area contributed by atoms with Crippen LogP contribution < -0.4 is 4.74 Å². The van der Waals surface area contributed by atoms with Crippen LogP contribution in [0.4, 0.5) is 0 Å². The molecule has 1 aliphatic carbocycles. The Kier molecular flexibility index (Phi) is 6.28. The molecule has 2 unspecified atom stereocenters. The number of allylic oxidation sites excluding steroid dienone is 2. The van der Waals surface area contributed by atoms with E-state index in [1.54, 1.807) is 0 Å². The first-order chi connectivity index (χ1) is 24.3. The average molecular weight is 628 g/mol. The number of benzene rings is 7. The van der Waals surface area contributed by atoms with Gasteiger partial charge in [-0.1, -0.05) is 133 Å². The molecule has 1 aromatic heterocycles. The predicted octanol–water partition coefficient (Wildman–Crippen LogP) is 10.8. The van der Waals surface area contributed by atoms with Gasteiger partial charge in [0.05, 0.1) is 5.92 Å². The minimum Gasteiger partial charge on any atom is -0.485 e. The molecule has 0 bridgehead atoms. The van der Waals surface area contributed by atoms with Crippen LogP contribution in [0.3, 0.4) is 0 Å². The Morgan fingerprint density at radius 1 is 0.469 bits per heavy atom. The van der Waals surface area contributed by atoms with Crippen LogP contribution in [-0.2, 0) is 0 Å². The third-order valence-corrected chi connectivity index (χ3v) is 9.88. The van der Waals surface area contributed by atoms with E-state index >= 15 is 0 Å². The van der Waals surface area contributed by atoms with Crippen molar-refractivity contribution >= 4 is 37.9 Å². The van der Waals surface area contributed by atoms with Gasteiger partial charge in [0.25, 0.3) is 0 Å². The summed E-state index contributed by atoms with van der Waals surface area (Å²) in [5, 5.41) is 6.91. The third-order valence-electron chi connectivity index (χ3n) is 9.88. The molecule has 2 atom stereocenters. The zero-order chi connectivity index (χ0) is 32.3. The van der Waals surface area contributed by atoms with Crippen LogP contribution in [0.15, 0.2) is 164 Å². The summed E-state index contributed by atoms with van der Waals surface area (Å²) in [5.41, 5.74) is 6.55. The molecule has 0 saturated carbocycles. The maximum absolute atomic E-state index is 6.38. The summed E-state index contributed by atoms with van der Waals surface area (Å²) >= 11 is 0. The number of hydrogen-bond acceptors (Lipinski definition) is 4. The van der Waals surface area contributed by atoms with Gasteiger partial charge in [0, 0.05) is 22.3 Å². The fraction of sp³-hybridized carbons (Fsp3) is 0.0444. The number of hydrogen-bond donors (Lipinski definition) is 0. The van der Waals surface area contributed by atoms with Gasteiger partial charge < -0.3 is 4.74 Å². The van der Waals surface area contributed by atoms with Crippen molar-refractivity contribution in [2.24, 2.45) is 0 Å². The molecule has 49 heavy (non-hydrogen) atoms. The van der Waals surface area contributed by atoms with Crippen molar-refractivity contribution in [1.29, 1.82) is 0 Å². The lowest BCUT2D eigenvalue weighted by atomic mass is 9.79. The third kappa shape index (κ3) is 4.64. The smallest absolute Gasteiger partial charge is 0.164 e. The van der Waals surface area contributed by atoms with E-state index in [-0.39, 0.29) is 12.0 Å². The van der Waals surface area contributed by atoms with Gasteiger partial charge in [-0.2, -0.15) is 0 Å². The molecule has 0 radical (unpaired) electrons. The number of fused-ring (bicyclic) bond motifs is 6. The van der Waals surface area contributed by atoms with Crippen LogP contribution in [0.2, 0.25) is 0 Å². The minimum atomic E-state index is -0.0200. The van der Waals surface area contributed by atoms with Crippen LogP contribution in [-0.4, -0.2) is 21.1 Å². The van der Waals surface area contributed by atoms with Crippen molar-refractivity contribution in [1.82, 2.24) is 15.0 Å². The monoisotopic (exact) mass is 627 g/mol. The maximum Gasteiger partial charge on any atom is 0.164 e. The van der Waals surface area contributed by atoms with E-state index < -0.39 is 0 Å². The van der Waals surface area contributed by atoms with Gasteiger partial charge in [0.1, 0.15) is 11.9 Å². The number of para-hydroxylation sites is 1. The van der Waals surface area contributed by atoms with Crippen molar-refractivity contribution in [3.05, 3.63) is 175 Å². The Bertz CT molecular complexity index is 2580. The first-order valence-corrected chi connectivity index (χ1v) is 16.7. The fourth-order valence-corrected chi connectivity index (χ4v) is 7.52. The minimum absolute atomic E-state index is 0.0200. The Hall–Kier alpha value is -6.39. The summed E-state index contributed by atoms with van der Waals surface area (Å²) in [4.78, 5) is 15.4. The lowest BCUT2D eigenvalue weighted by Gasteiger charge is -2.24. The van der Waals surface area contributed by atoms with Gasteiger partial charge in [-0.25, -0.2) is 15.0 Å². The highest BCUT2D eigenvalue weighted by Gasteiger charge is 2.37. The van der Waals surface area contributed by atoms with Crippen molar-refractivity contribution in [2.45, 2.75) is 12.0 Å². The molecule has 0 spiro atoms. The molecule has 4 heteroatoms. The highest BCUT2D eigenvalue weighted by molar-refractivity contribution is 6.03. The first-order valence-electron chi connectivity index (χ1n) is 16.7. The van der Waals surface area contributed by atoms with Crippen molar-refractivity contribution in [3.8, 4) is 39.9 Å². The molecular formula is C45H29N3O. The molecule has 7 aromatic carbocycles. The molecule has 230 valence electrons. The molecule has 8 aromatic rings. The molecule has 0 saturated heterocycles. The number of rotatable bonds is 4. The van der Waals surface area contributed by atoms with E-state index in [2.05, 4.69) is 158 Å². The molecule has 0 amide bonds. The van der Waals surface area contributed by atoms with Gasteiger partial charge in [-0.3, -0.25) is 0 Å².